The minimum Gasteiger partial charge on any atom is -0.493 e. The molecule has 9 heteroatoms. The predicted octanol–water partition coefficient (Wildman–Crippen LogP) is 1.37. The monoisotopic (exact) mass is 372 g/mol. The van der Waals surface area contributed by atoms with E-state index in [-0.39, 0.29) is 5.82 Å². The fourth-order valence-electron chi connectivity index (χ4n) is 3.24. The van der Waals surface area contributed by atoms with Gasteiger partial charge in [-0.05, 0) is 24.6 Å². The quantitative estimate of drug-likeness (QED) is 0.687. The van der Waals surface area contributed by atoms with Crippen LogP contribution in [0.2, 0.25) is 0 Å². The molecule has 0 saturated carbocycles. The van der Waals surface area contributed by atoms with Crippen molar-refractivity contribution < 1.29 is 19.0 Å². The maximum atomic E-state index is 12.5. The lowest BCUT2D eigenvalue weighted by Crippen LogP contribution is -2.28. The van der Waals surface area contributed by atoms with Crippen LogP contribution in [0.25, 0.3) is 0 Å². The van der Waals surface area contributed by atoms with E-state index >= 15 is 0 Å². The molecule has 2 heterocycles. The molecular formula is C18H20N4O5. The van der Waals surface area contributed by atoms with Gasteiger partial charge < -0.3 is 25.3 Å². The van der Waals surface area contributed by atoms with Gasteiger partial charge in [0.05, 0.1) is 32.8 Å². The predicted molar refractivity (Wildman–Crippen MR) is 99.0 cm³/mol. The van der Waals surface area contributed by atoms with Gasteiger partial charge in [-0.3, -0.25) is 4.98 Å². The number of benzene rings is 1. The molecule has 0 bridgehead atoms. The lowest BCUT2D eigenvalue weighted by molar-refractivity contribution is -0.136. The first-order valence-electron chi connectivity index (χ1n) is 8.09. The number of rotatable bonds is 4. The second kappa shape index (κ2) is 7.02. The van der Waals surface area contributed by atoms with E-state index < -0.39 is 17.6 Å². The van der Waals surface area contributed by atoms with Gasteiger partial charge in [-0.2, -0.15) is 4.98 Å². The number of ether oxygens (including phenoxy) is 3. The van der Waals surface area contributed by atoms with Crippen molar-refractivity contribution in [1.29, 1.82) is 0 Å². The summed E-state index contributed by atoms with van der Waals surface area (Å²) >= 11 is 0. The Morgan fingerprint density at radius 1 is 1.19 bits per heavy atom. The molecule has 1 aliphatic heterocycles. The molecule has 1 unspecified atom stereocenters. The number of anilines is 2. The van der Waals surface area contributed by atoms with Gasteiger partial charge >= 0.3 is 11.7 Å². The van der Waals surface area contributed by atoms with Gasteiger partial charge in [0.2, 0.25) is 0 Å². The highest BCUT2D eigenvalue weighted by Gasteiger charge is 2.36. The Morgan fingerprint density at radius 3 is 2.52 bits per heavy atom. The van der Waals surface area contributed by atoms with Gasteiger partial charge in [0.1, 0.15) is 11.6 Å². The summed E-state index contributed by atoms with van der Waals surface area (Å²) in [5.41, 5.74) is 7.56. The summed E-state index contributed by atoms with van der Waals surface area (Å²) in [7, 11) is 4.36. The molecule has 1 atom stereocenters. The first kappa shape index (κ1) is 18.3. The molecule has 1 aromatic carbocycles. The summed E-state index contributed by atoms with van der Waals surface area (Å²) in [5, 5.41) is 2.97. The van der Waals surface area contributed by atoms with Gasteiger partial charge in [0, 0.05) is 11.3 Å². The number of nitrogens with one attached hydrogen (secondary N) is 2. The Kier molecular flexibility index (Phi) is 4.76. The normalized spacial score (nSPS) is 15.6. The molecule has 4 N–H and O–H groups in total. The second-order valence-electron chi connectivity index (χ2n) is 5.92. The number of nitrogens with zero attached hydrogens (tertiary/aromatic N) is 1. The van der Waals surface area contributed by atoms with Crippen molar-refractivity contribution in [2.75, 3.05) is 32.4 Å². The number of aromatic amines is 1. The number of fused-ring (bicyclic) bond motifs is 1. The summed E-state index contributed by atoms with van der Waals surface area (Å²) < 4.78 is 15.6. The maximum absolute atomic E-state index is 12.5. The zero-order valence-electron chi connectivity index (χ0n) is 15.4. The SMILES string of the molecule is COC(=O)C1=C(C)Nc2nc(=O)[nH]c(N)c2C1c1ccc(OC)c(OC)c1. The molecule has 0 amide bonds. The van der Waals surface area contributed by atoms with Gasteiger partial charge in [0.15, 0.2) is 11.5 Å². The molecule has 1 aromatic heterocycles. The molecule has 0 fully saturated rings. The van der Waals surface area contributed by atoms with E-state index in [0.29, 0.717) is 39.7 Å². The Labute approximate surface area is 155 Å². The van der Waals surface area contributed by atoms with Crippen molar-refractivity contribution in [1.82, 2.24) is 9.97 Å². The third-order valence-electron chi connectivity index (χ3n) is 4.43. The topological polar surface area (TPSA) is 129 Å². The summed E-state index contributed by atoms with van der Waals surface area (Å²) in [6, 6.07) is 5.27. The van der Waals surface area contributed by atoms with Crippen molar-refractivity contribution in [3.8, 4) is 11.5 Å². The molecule has 0 aliphatic carbocycles. The van der Waals surface area contributed by atoms with E-state index in [1.54, 1.807) is 25.1 Å². The fourth-order valence-corrected chi connectivity index (χ4v) is 3.24. The van der Waals surface area contributed by atoms with Crippen molar-refractivity contribution in [2.45, 2.75) is 12.8 Å². The van der Waals surface area contributed by atoms with Crippen LogP contribution in [-0.2, 0) is 9.53 Å². The molecule has 27 heavy (non-hydrogen) atoms. The summed E-state index contributed by atoms with van der Waals surface area (Å²) in [6.07, 6.45) is 0. The number of carbonyl (C=O) groups excluding carboxylic acids is 1. The van der Waals surface area contributed by atoms with E-state index in [0.717, 1.165) is 0 Å². The third kappa shape index (κ3) is 3.07. The van der Waals surface area contributed by atoms with Crippen molar-refractivity contribution in [2.24, 2.45) is 0 Å². The van der Waals surface area contributed by atoms with Gasteiger partial charge in [0.25, 0.3) is 0 Å². The Hall–Kier alpha value is -3.49. The number of carbonyl (C=O) groups is 1. The average Bonchev–Trinajstić information content (AvgIpc) is 2.65. The van der Waals surface area contributed by atoms with E-state index in [1.807, 2.05) is 0 Å². The van der Waals surface area contributed by atoms with Gasteiger partial charge in [-0.15, -0.1) is 0 Å². The highest BCUT2D eigenvalue weighted by atomic mass is 16.5. The first-order chi connectivity index (χ1) is 12.9. The number of esters is 1. The summed E-state index contributed by atoms with van der Waals surface area (Å²) in [5.74, 6) is 0.317. The van der Waals surface area contributed by atoms with Crippen molar-refractivity contribution >= 4 is 17.6 Å². The molecule has 0 radical (unpaired) electrons. The van der Waals surface area contributed by atoms with Crippen LogP contribution in [0.5, 0.6) is 11.5 Å². The van der Waals surface area contributed by atoms with Gasteiger partial charge in [-0.25, -0.2) is 9.59 Å². The smallest absolute Gasteiger partial charge is 0.348 e. The van der Waals surface area contributed by atoms with Crippen LogP contribution in [0.1, 0.15) is 24.0 Å². The van der Waals surface area contributed by atoms with Crippen LogP contribution in [0.3, 0.4) is 0 Å². The number of methoxy groups -OCH3 is 3. The van der Waals surface area contributed by atoms with E-state index in [1.165, 1.54) is 21.3 Å². The Bertz CT molecular complexity index is 996. The molecule has 0 saturated heterocycles. The largest absolute Gasteiger partial charge is 0.493 e. The van der Waals surface area contributed by atoms with Crippen molar-refractivity contribution in [3.05, 3.63) is 51.1 Å². The van der Waals surface area contributed by atoms with Crippen molar-refractivity contribution in [3.63, 3.8) is 0 Å². The summed E-state index contributed by atoms with van der Waals surface area (Å²) in [4.78, 5) is 30.7. The second-order valence-corrected chi connectivity index (χ2v) is 5.92. The molecule has 3 rings (SSSR count). The fraction of sp³-hybridized carbons (Fsp3) is 0.278. The zero-order valence-corrected chi connectivity index (χ0v) is 15.4. The number of hydrogen-bond donors (Lipinski definition) is 3. The molecular weight excluding hydrogens is 352 g/mol. The first-order valence-corrected chi connectivity index (χ1v) is 8.09. The third-order valence-corrected chi connectivity index (χ3v) is 4.43. The van der Waals surface area contributed by atoms with E-state index in [9.17, 15) is 9.59 Å². The Morgan fingerprint density at radius 2 is 1.89 bits per heavy atom. The minimum absolute atomic E-state index is 0.117. The van der Waals surface area contributed by atoms with Gasteiger partial charge in [-0.1, -0.05) is 6.07 Å². The number of aromatic nitrogens is 2. The lowest BCUT2D eigenvalue weighted by Gasteiger charge is -2.29. The average molecular weight is 372 g/mol. The number of hydrogen-bond acceptors (Lipinski definition) is 8. The van der Waals surface area contributed by atoms with Crippen LogP contribution in [0, 0.1) is 0 Å². The maximum Gasteiger partial charge on any atom is 0.348 e. The number of nitrogens with two attached hydrogens (primary N) is 1. The highest BCUT2D eigenvalue weighted by Crippen LogP contribution is 2.44. The number of H-pyrrole nitrogens is 1. The highest BCUT2D eigenvalue weighted by molar-refractivity contribution is 5.95. The van der Waals surface area contributed by atoms with Crippen LogP contribution >= 0.6 is 0 Å². The van der Waals surface area contributed by atoms with E-state index in [4.69, 9.17) is 19.9 Å². The molecule has 0 spiro atoms. The molecule has 2 aromatic rings. The molecule has 9 nitrogen and oxygen atoms in total. The molecule has 1 aliphatic rings. The zero-order chi connectivity index (χ0) is 19.7. The summed E-state index contributed by atoms with van der Waals surface area (Å²) in [6.45, 7) is 1.71. The minimum atomic E-state index is -0.613. The number of nitrogen functional groups attached to an aromatic ring is 1. The van der Waals surface area contributed by atoms with E-state index in [2.05, 4.69) is 15.3 Å². The van der Waals surface area contributed by atoms with Crippen LogP contribution in [-0.4, -0.2) is 37.3 Å². The Balaban J connectivity index is 2.30. The van der Waals surface area contributed by atoms with Crippen LogP contribution in [0.4, 0.5) is 11.6 Å². The van der Waals surface area contributed by atoms with Crippen LogP contribution in [0.15, 0.2) is 34.3 Å². The lowest BCUT2D eigenvalue weighted by atomic mass is 9.82. The molecule has 142 valence electrons. The standard InChI is InChI=1S/C18H20N4O5/c1-8-12(17(23)27-4)13(9-5-6-10(25-2)11(7-9)26-3)14-15(19)21-18(24)22-16(14)20-8/h5-7,13H,1-4H3,(H4,19,20,21,22,24). The van der Waals surface area contributed by atoms with Crippen LogP contribution < -0.4 is 26.2 Å². The number of allylic oxidation sites excluding steroid dienone is 1.